The molecule has 200 valence electrons. The topological polar surface area (TPSA) is 69.5 Å². The van der Waals surface area contributed by atoms with Gasteiger partial charge in [-0.1, -0.05) is 26.8 Å². The van der Waals surface area contributed by atoms with Gasteiger partial charge < -0.3 is 10.2 Å². The number of hydrogen-bond donors (Lipinski definition) is 1. The monoisotopic (exact) mass is 515 g/mol. The van der Waals surface area contributed by atoms with Gasteiger partial charge in [0.1, 0.15) is 11.5 Å². The van der Waals surface area contributed by atoms with E-state index in [1.165, 1.54) is 11.8 Å². The first-order valence-corrected chi connectivity index (χ1v) is 13.8. The van der Waals surface area contributed by atoms with Crippen LogP contribution in [0.4, 0.5) is 21.8 Å². The van der Waals surface area contributed by atoms with E-state index in [-0.39, 0.29) is 11.1 Å². The van der Waals surface area contributed by atoms with Crippen molar-refractivity contribution in [3.8, 4) is 11.3 Å². The number of aliphatic imine (C=N–C) groups is 1. The summed E-state index contributed by atoms with van der Waals surface area (Å²) in [5.74, 6) is 0.503. The molecule has 3 aromatic rings. The molecule has 2 aromatic heterocycles. The molecule has 0 radical (unpaired) electrons. The molecule has 8 heteroatoms. The minimum absolute atomic E-state index is 0.115. The molecule has 1 fully saturated rings. The fraction of sp³-hybridized carbons (Fsp3) is 0.467. The summed E-state index contributed by atoms with van der Waals surface area (Å²) in [5.41, 5.74) is 6.41. The maximum absolute atomic E-state index is 15.0. The molecule has 0 bridgehead atoms. The zero-order valence-corrected chi connectivity index (χ0v) is 23.2. The van der Waals surface area contributed by atoms with Crippen LogP contribution < -0.4 is 5.32 Å². The Hall–Kier alpha value is -3.23. The number of benzene rings is 1. The molecule has 4 heterocycles. The van der Waals surface area contributed by atoms with Crippen molar-refractivity contribution in [1.82, 2.24) is 24.8 Å². The maximum atomic E-state index is 15.0. The van der Waals surface area contributed by atoms with Gasteiger partial charge in [0.2, 0.25) is 5.95 Å². The van der Waals surface area contributed by atoms with Crippen LogP contribution in [0.5, 0.6) is 0 Å². The van der Waals surface area contributed by atoms with Gasteiger partial charge in [-0.15, -0.1) is 0 Å². The largest absolute Gasteiger partial charge is 0.309 e. The Morgan fingerprint density at radius 2 is 1.68 bits per heavy atom. The Bertz CT molecular complexity index is 1320. The number of piperazine rings is 1. The third-order valence-electron chi connectivity index (χ3n) is 8.40. The van der Waals surface area contributed by atoms with Crippen LogP contribution in [0.15, 0.2) is 41.7 Å². The third-order valence-corrected chi connectivity index (χ3v) is 8.40. The van der Waals surface area contributed by atoms with Crippen LogP contribution >= 0.6 is 0 Å². The average Bonchev–Trinajstić information content (AvgIpc) is 3.23. The fourth-order valence-electron chi connectivity index (χ4n) is 5.90. The van der Waals surface area contributed by atoms with Crippen LogP contribution in [0, 0.1) is 12.7 Å². The second-order valence-electron chi connectivity index (χ2n) is 10.5. The number of nitrogens with zero attached hydrogens (tertiary/aromatic N) is 6. The summed E-state index contributed by atoms with van der Waals surface area (Å²) in [4.78, 5) is 23.1. The Balaban J connectivity index is 1.34. The van der Waals surface area contributed by atoms with Crippen LogP contribution in [0.25, 0.3) is 11.3 Å². The molecule has 0 unspecified atom stereocenters. The first-order chi connectivity index (χ1) is 18.4. The van der Waals surface area contributed by atoms with Gasteiger partial charge in [-0.3, -0.25) is 9.89 Å². The first-order valence-electron chi connectivity index (χ1n) is 13.8. The molecule has 1 saturated heterocycles. The van der Waals surface area contributed by atoms with Gasteiger partial charge in [-0.25, -0.2) is 19.3 Å². The van der Waals surface area contributed by atoms with E-state index in [0.717, 1.165) is 80.2 Å². The van der Waals surface area contributed by atoms with Crippen LogP contribution in [0.2, 0.25) is 0 Å². The molecule has 7 nitrogen and oxygen atoms in total. The van der Waals surface area contributed by atoms with E-state index in [1.807, 2.05) is 25.3 Å². The van der Waals surface area contributed by atoms with Crippen LogP contribution in [-0.2, 0) is 12.0 Å². The van der Waals surface area contributed by atoms with Crippen molar-refractivity contribution in [2.75, 3.05) is 38.0 Å². The second kappa shape index (κ2) is 10.9. The molecule has 2 aliphatic rings. The quantitative estimate of drug-likeness (QED) is 0.395. The number of rotatable bonds is 8. The maximum Gasteiger partial charge on any atom is 0.229 e. The summed E-state index contributed by atoms with van der Waals surface area (Å²) in [5, 5.41) is 3.16. The summed E-state index contributed by atoms with van der Waals surface area (Å²) in [6.07, 6.45) is 5.02. The Morgan fingerprint density at radius 3 is 2.34 bits per heavy atom. The molecule has 2 aliphatic heterocycles. The lowest BCUT2D eigenvalue weighted by Gasteiger charge is -2.33. The van der Waals surface area contributed by atoms with Gasteiger partial charge in [-0.05, 0) is 68.1 Å². The molecule has 1 N–H and O–H groups in total. The van der Waals surface area contributed by atoms with Crippen molar-refractivity contribution in [1.29, 1.82) is 0 Å². The van der Waals surface area contributed by atoms with E-state index in [4.69, 9.17) is 4.99 Å². The minimum atomic E-state index is -0.449. The molecule has 0 spiro atoms. The second-order valence-corrected chi connectivity index (χ2v) is 10.5. The van der Waals surface area contributed by atoms with Gasteiger partial charge >= 0.3 is 0 Å². The molecule has 0 aliphatic carbocycles. The van der Waals surface area contributed by atoms with Crippen molar-refractivity contribution < 1.29 is 4.39 Å². The van der Waals surface area contributed by atoms with Crippen molar-refractivity contribution in [2.24, 2.45) is 4.99 Å². The number of likely N-dealkylation sites (N-methyl/N-ethyl adjacent to an activating group) is 1. The van der Waals surface area contributed by atoms with Crippen molar-refractivity contribution in [2.45, 2.75) is 59.4 Å². The summed E-state index contributed by atoms with van der Waals surface area (Å²) in [6, 6.07) is 8.05. The Labute approximate surface area is 225 Å². The molecule has 0 atom stereocenters. The molecule has 1 aromatic carbocycles. The predicted octanol–water partition coefficient (Wildman–Crippen LogP) is 6.03. The predicted molar refractivity (Wildman–Crippen MR) is 152 cm³/mol. The zero-order chi connectivity index (χ0) is 26.9. The van der Waals surface area contributed by atoms with E-state index >= 15 is 4.39 Å². The SMILES string of the molecule is CCN1CCN(Cc2ccc(Nc3ncc(F)c(-c4cc(C)c5c(c4)C(CC)(CC)C(C)=N5)n3)nc2)CC1. The number of nitrogens with one attached hydrogen (secondary N) is 1. The van der Waals surface area contributed by atoms with E-state index in [0.29, 0.717) is 11.8 Å². The molecular weight excluding hydrogens is 477 g/mol. The number of hydrogen-bond acceptors (Lipinski definition) is 7. The Kier molecular flexibility index (Phi) is 7.54. The number of anilines is 2. The Morgan fingerprint density at radius 1 is 0.947 bits per heavy atom. The molecule has 0 amide bonds. The van der Waals surface area contributed by atoms with Crippen LogP contribution in [0.1, 0.15) is 57.2 Å². The highest BCUT2D eigenvalue weighted by atomic mass is 19.1. The van der Waals surface area contributed by atoms with Gasteiger partial charge in [0.05, 0.1) is 11.9 Å². The summed E-state index contributed by atoms with van der Waals surface area (Å²) in [7, 11) is 0. The van der Waals surface area contributed by atoms with Crippen molar-refractivity contribution in [3.05, 3.63) is 59.2 Å². The lowest BCUT2D eigenvalue weighted by Crippen LogP contribution is -2.45. The van der Waals surface area contributed by atoms with Crippen molar-refractivity contribution >= 4 is 23.2 Å². The average molecular weight is 516 g/mol. The standard InChI is InChI=1S/C30H38FN7/c1-6-30(7-2)21(5)34-27-20(4)15-23(16-24(27)30)28-25(31)18-33-29(36-28)35-26-10-9-22(17-32-26)19-38-13-11-37(8-3)12-14-38/h9-10,15-18H,6-8,11-14,19H2,1-5H3,(H,32,33,35,36). The van der Waals surface area contributed by atoms with E-state index in [1.54, 1.807) is 0 Å². The zero-order valence-electron chi connectivity index (χ0n) is 23.2. The molecular formula is C30H38FN7. The molecule has 0 saturated carbocycles. The summed E-state index contributed by atoms with van der Waals surface area (Å²) < 4.78 is 15.0. The van der Waals surface area contributed by atoms with Gasteiger partial charge in [-0.2, -0.15) is 0 Å². The number of pyridine rings is 1. The highest BCUT2D eigenvalue weighted by molar-refractivity contribution is 6.01. The number of halogens is 1. The highest BCUT2D eigenvalue weighted by Gasteiger charge is 2.39. The highest BCUT2D eigenvalue weighted by Crippen LogP contribution is 2.48. The van der Waals surface area contributed by atoms with E-state index in [2.05, 4.69) is 69.9 Å². The number of fused-ring (bicyclic) bond motifs is 1. The minimum Gasteiger partial charge on any atom is -0.309 e. The van der Waals surface area contributed by atoms with Gasteiger partial charge in [0.25, 0.3) is 0 Å². The number of aryl methyl sites for hydroxylation is 1. The lowest BCUT2D eigenvalue weighted by atomic mass is 9.73. The normalized spacial score (nSPS) is 17.4. The molecule has 38 heavy (non-hydrogen) atoms. The van der Waals surface area contributed by atoms with Crippen molar-refractivity contribution in [3.63, 3.8) is 0 Å². The molecule has 5 rings (SSSR count). The van der Waals surface area contributed by atoms with E-state index in [9.17, 15) is 0 Å². The lowest BCUT2D eigenvalue weighted by molar-refractivity contribution is 0.132. The summed E-state index contributed by atoms with van der Waals surface area (Å²) in [6.45, 7) is 17.1. The third kappa shape index (κ3) is 4.95. The number of aromatic nitrogens is 3. The first kappa shape index (κ1) is 26.4. The van der Waals surface area contributed by atoms with Gasteiger partial charge in [0, 0.05) is 55.6 Å². The smallest absolute Gasteiger partial charge is 0.229 e. The van der Waals surface area contributed by atoms with E-state index < -0.39 is 5.82 Å². The fourth-order valence-corrected chi connectivity index (χ4v) is 5.90. The summed E-state index contributed by atoms with van der Waals surface area (Å²) >= 11 is 0. The van der Waals surface area contributed by atoms with Gasteiger partial charge in [0.15, 0.2) is 5.82 Å². The van der Waals surface area contributed by atoms with Crippen LogP contribution in [-0.4, -0.2) is 63.2 Å². The van der Waals surface area contributed by atoms with Crippen LogP contribution in [0.3, 0.4) is 0 Å².